The van der Waals surface area contributed by atoms with E-state index >= 15 is 0 Å². The minimum absolute atomic E-state index is 0.0480. The van der Waals surface area contributed by atoms with Crippen LogP contribution in [0.25, 0.3) is 31.5 Å². The van der Waals surface area contributed by atoms with Gasteiger partial charge in [-0.1, -0.05) is 24.3 Å². The van der Waals surface area contributed by atoms with Crippen LogP contribution >= 0.6 is 0 Å². The van der Waals surface area contributed by atoms with Gasteiger partial charge >= 0.3 is 0 Å². The summed E-state index contributed by atoms with van der Waals surface area (Å²) < 4.78 is 39.6. The molecule has 4 aromatic rings. The molecule has 56 heavy (non-hydrogen) atoms. The van der Waals surface area contributed by atoms with Crippen LogP contribution in [0.15, 0.2) is 60.9 Å². The highest BCUT2D eigenvalue weighted by Crippen LogP contribution is 2.36. The van der Waals surface area contributed by atoms with Gasteiger partial charge in [0.15, 0.2) is 11.6 Å². The third kappa shape index (κ3) is 8.49. The van der Waals surface area contributed by atoms with Crippen LogP contribution in [0.2, 0.25) is 0 Å². The van der Waals surface area contributed by atoms with Crippen LogP contribution in [0, 0.1) is 25.0 Å². The zero-order valence-electron chi connectivity index (χ0n) is 31.5. The molecule has 0 spiro atoms. The van der Waals surface area contributed by atoms with E-state index < -0.39 is 24.6 Å². The summed E-state index contributed by atoms with van der Waals surface area (Å²) in [5.41, 5.74) is 4.22. The second-order valence-corrected chi connectivity index (χ2v) is 15.1. The van der Waals surface area contributed by atoms with E-state index in [1.54, 1.807) is 24.5 Å². The molecule has 2 N–H and O–H groups in total. The Kier molecular flexibility index (Phi) is 12.1. The molecule has 6 heterocycles. The van der Waals surface area contributed by atoms with Crippen molar-refractivity contribution in [1.82, 2.24) is 20.6 Å². The molecule has 8 atom stereocenters. The highest BCUT2D eigenvalue weighted by Gasteiger charge is 2.37. The number of alkyl halides is 2. The predicted octanol–water partition coefficient (Wildman–Crippen LogP) is 5.79. The van der Waals surface area contributed by atoms with Crippen LogP contribution in [-0.4, -0.2) is 111 Å². The number of morpholine rings is 2. The maximum atomic E-state index is 13.9. The zero-order chi connectivity index (χ0) is 39.3. The largest absolute Gasteiger partial charge is 0.365 e. The number of anilines is 2. The number of halogens is 2. The Bertz CT molecular complexity index is 2010. The lowest BCUT2D eigenvalue weighted by Crippen LogP contribution is -2.50. The number of hydrogen-bond donors (Lipinski definition) is 2. The van der Waals surface area contributed by atoms with Crippen molar-refractivity contribution >= 4 is 56.1 Å². The van der Waals surface area contributed by atoms with Crippen molar-refractivity contribution in [1.29, 1.82) is 0 Å². The first-order valence-corrected chi connectivity index (χ1v) is 19.2. The third-order valence-electron chi connectivity index (χ3n) is 11.1. The van der Waals surface area contributed by atoms with Crippen molar-refractivity contribution in [2.45, 2.75) is 63.4 Å². The van der Waals surface area contributed by atoms with E-state index in [0.29, 0.717) is 74.8 Å². The van der Waals surface area contributed by atoms with E-state index in [-0.39, 0.29) is 48.5 Å². The van der Waals surface area contributed by atoms with E-state index in [0.717, 1.165) is 22.1 Å². The van der Waals surface area contributed by atoms with Gasteiger partial charge in [-0.2, -0.15) is 0 Å². The van der Waals surface area contributed by atoms with Crippen LogP contribution < -0.4 is 20.4 Å². The Morgan fingerprint density at radius 1 is 0.696 bits per heavy atom. The molecular formula is C42H46F2N8O4. The average molecular weight is 765 g/mol. The van der Waals surface area contributed by atoms with Gasteiger partial charge in [-0.15, -0.1) is 0 Å². The molecular weight excluding hydrogens is 719 g/mol. The molecule has 4 aliphatic rings. The van der Waals surface area contributed by atoms with Crippen LogP contribution in [0.4, 0.5) is 31.5 Å². The maximum Gasteiger partial charge on any atom is 0.213 e. The van der Waals surface area contributed by atoms with Crippen molar-refractivity contribution in [3.05, 3.63) is 83.8 Å². The first-order chi connectivity index (χ1) is 27.1. The normalized spacial score (nSPS) is 27.7. The van der Waals surface area contributed by atoms with Crippen LogP contribution in [0.5, 0.6) is 0 Å². The van der Waals surface area contributed by atoms with Gasteiger partial charge in [0.05, 0.1) is 49.5 Å². The van der Waals surface area contributed by atoms with Gasteiger partial charge in [-0.3, -0.25) is 19.6 Å². The molecule has 2 aromatic carbocycles. The molecule has 0 bridgehead atoms. The van der Waals surface area contributed by atoms with E-state index in [2.05, 4.69) is 40.1 Å². The molecule has 12 nitrogen and oxygen atoms in total. The first kappa shape index (κ1) is 39.1. The Hall–Kier alpha value is -5.12. The van der Waals surface area contributed by atoms with Crippen LogP contribution in [-0.2, 0) is 19.1 Å². The van der Waals surface area contributed by atoms with E-state index in [1.807, 2.05) is 50.2 Å². The number of aromatic nitrogens is 2. The van der Waals surface area contributed by atoms with E-state index in [4.69, 9.17) is 22.6 Å². The van der Waals surface area contributed by atoms with Crippen molar-refractivity contribution in [3.63, 3.8) is 0 Å². The van der Waals surface area contributed by atoms with E-state index in [9.17, 15) is 18.4 Å². The number of hydrogen-bond acceptors (Lipinski definition) is 10. The second kappa shape index (κ2) is 17.3. The number of nitrogens with zero attached hydrogens (tertiary/aromatic N) is 6. The number of ketones is 2. The lowest BCUT2D eigenvalue weighted by molar-refractivity contribution is -0.136. The van der Waals surface area contributed by atoms with E-state index in [1.165, 1.54) is 0 Å². The van der Waals surface area contributed by atoms with Gasteiger partial charge in [0.25, 0.3) is 0 Å². The smallest absolute Gasteiger partial charge is 0.213 e. The summed E-state index contributed by atoms with van der Waals surface area (Å²) in [6.45, 7) is 22.4. The summed E-state index contributed by atoms with van der Waals surface area (Å²) in [5, 5.41) is 7.77. The number of Topliss-reactive ketones (excluding diaryl/α,β-unsaturated/α-hetero) is 2. The summed E-state index contributed by atoms with van der Waals surface area (Å²) in [6, 6.07) is 15.0. The molecule has 2 aromatic heterocycles. The average Bonchev–Trinajstić information content (AvgIpc) is 3.82. The predicted molar refractivity (Wildman–Crippen MR) is 211 cm³/mol. The van der Waals surface area contributed by atoms with Gasteiger partial charge in [0.2, 0.25) is 11.4 Å². The number of fused-ring (bicyclic) bond motifs is 2. The lowest BCUT2D eigenvalue weighted by atomic mass is 9.96. The summed E-state index contributed by atoms with van der Waals surface area (Å²) >= 11 is 0. The maximum absolute atomic E-state index is 13.9. The summed E-state index contributed by atoms with van der Waals surface area (Å²) in [4.78, 5) is 45.7. The van der Waals surface area contributed by atoms with Gasteiger partial charge in [-0.25, -0.2) is 18.5 Å². The highest BCUT2D eigenvalue weighted by molar-refractivity contribution is 6.01. The van der Waals surface area contributed by atoms with Crippen molar-refractivity contribution in [2.24, 2.45) is 11.8 Å². The molecule has 1 unspecified atom stereocenters. The molecule has 4 aliphatic heterocycles. The molecule has 8 rings (SSSR count). The van der Waals surface area contributed by atoms with Crippen LogP contribution in [0.3, 0.4) is 0 Å². The van der Waals surface area contributed by atoms with Crippen LogP contribution in [0.1, 0.15) is 26.7 Å². The zero-order valence-corrected chi connectivity index (χ0v) is 31.5. The van der Waals surface area contributed by atoms with Crippen molar-refractivity contribution in [2.75, 3.05) is 62.2 Å². The van der Waals surface area contributed by atoms with Gasteiger partial charge in [-0.05, 0) is 38.1 Å². The highest BCUT2D eigenvalue weighted by atomic mass is 19.1. The Morgan fingerprint density at radius 2 is 1.12 bits per heavy atom. The molecule has 0 saturated carbocycles. The summed E-state index contributed by atoms with van der Waals surface area (Å²) in [6.07, 6.45) is 0.380. The fraction of sp³-hybridized carbons (Fsp3) is 0.476. The minimum atomic E-state index is -0.975. The number of ether oxygens (including phenoxy) is 2. The molecule has 0 amide bonds. The Morgan fingerprint density at radius 3 is 1.50 bits per heavy atom. The molecule has 0 aliphatic carbocycles. The van der Waals surface area contributed by atoms with Gasteiger partial charge < -0.3 is 29.9 Å². The standard InChI is InChI=1S/2C21H23FN4O2/c2*1-13-11-26(12-20(28-13)19(27)8-14-9-24-10-16(14)22)18-6-5-17(23-2)21-15(18)4-3-7-25-21/h2*3-7,13-14,16,20,24H,8-12H2,1H3/t13-,14?,16-,20-;13-,14+,16-,20-/m11/s1. The number of carbonyl (C=O) groups is 2. The Labute approximate surface area is 325 Å². The summed E-state index contributed by atoms with van der Waals surface area (Å²) in [7, 11) is 0. The fourth-order valence-electron chi connectivity index (χ4n) is 8.25. The topological polar surface area (TPSA) is 118 Å². The number of rotatable bonds is 8. The van der Waals surface area contributed by atoms with Gasteiger partial charge in [0, 0.05) is 98.5 Å². The number of benzene rings is 2. The quantitative estimate of drug-likeness (QED) is 0.214. The number of nitrogens with one attached hydrogen (secondary N) is 2. The monoisotopic (exact) mass is 764 g/mol. The number of pyridine rings is 2. The molecule has 4 fully saturated rings. The van der Waals surface area contributed by atoms with Crippen molar-refractivity contribution in [3.8, 4) is 0 Å². The number of carbonyl (C=O) groups excluding carboxylic acids is 2. The third-order valence-corrected chi connectivity index (χ3v) is 11.1. The second-order valence-electron chi connectivity index (χ2n) is 15.1. The molecule has 292 valence electrons. The Balaban J connectivity index is 0.000000172. The molecule has 0 radical (unpaired) electrons. The SMILES string of the molecule is [C-]#[N+]c1ccc(N2C[C@@H](C)O[C@@H](C(=O)CC3CNC[C@H]3F)C2)c2cccnc12.[C-]#[N+]c1ccc(N2C[C@@H](C)O[C@@H](C(=O)C[C@H]3CNC[C@H]3F)C2)c2cccnc12. The minimum Gasteiger partial charge on any atom is -0.365 e. The fourth-order valence-corrected chi connectivity index (χ4v) is 8.25. The molecule has 4 saturated heterocycles. The van der Waals surface area contributed by atoms with Gasteiger partial charge in [0.1, 0.15) is 24.6 Å². The summed E-state index contributed by atoms with van der Waals surface area (Å²) in [5.74, 6) is -0.643. The molecule has 14 heteroatoms. The lowest BCUT2D eigenvalue weighted by Gasteiger charge is -2.38. The van der Waals surface area contributed by atoms with Crippen molar-refractivity contribution < 1.29 is 27.8 Å². The first-order valence-electron chi connectivity index (χ1n) is 19.2.